The molecule has 28 heavy (non-hydrogen) atoms. The van der Waals surface area contributed by atoms with Gasteiger partial charge in [-0.1, -0.05) is 12.1 Å². The first-order valence-corrected chi connectivity index (χ1v) is 9.95. The van der Waals surface area contributed by atoms with Crippen molar-refractivity contribution in [2.45, 2.75) is 12.8 Å². The summed E-state index contributed by atoms with van der Waals surface area (Å²) in [6.07, 6.45) is 5.71. The molecule has 4 heterocycles. The Labute approximate surface area is 163 Å². The summed E-state index contributed by atoms with van der Waals surface area (Å²) in [7, 11) is 0. The van der Waals surface area contributed by atoms with Crippen LogP contribution < -0.4 is 10.2 Å². The molecular weight excluding hydrogens is 352 g/mol. The molecule has 2 N–H and O–H groups in total. The van der Waals surface area contributed by atoms with Crippen LogP contribution in [0.5, 0.6) is 0 Å². The number of anilines is 1. The lowest BCUT2D eigenvalue weighted by atomic mass is 9.99. The number of amides is 2. The molecule has 2 fully saturated rings. The minimum Gasteiger partial charge on any atom is -0.324 e. The first-order valence-electron chi connectivity index (χ1n) is 9.95. The second-order valence-corrected chi connectivity index (χ2v) is 7.67. The number of rotatable bonds is 5. The van der Waals surface area contributed by atoms with Gasteiger partial charge in [-0.25, -0.2) is 9.78 Å². The number of carbonyl (C=O) groups is 1. The average molecular weight is 376 g/mol. The van der Waals surface area contributed by atoms with Gasteiger partial charge in [-0.2, -0.15) is 5.10 Å². The third kappa shape index (κ3) is 3.22. The molecule has 0 atom stereocenters. The highest BCUT2D eigenvalue weighted by atomic mass is 16.2. The van der Waals surface area contributed by atoms with Crippen molar-refractivity contribution in [3.05, 3.63) is 42.7 Å². The first-order chi connectivity index (χ1) is 13.8. The third-order valence-corrected chi connectivity index (χ3v) is 5.77. The van der Waals surface area contributed by atoms with E-state index in [0.717, 1.165) is 79.3 Å². The van der Waals surface area contributed by atoms with Gasteiger partial charge in [0, 0.05) is 42.5 Å². The maximum atomic E-state index is 13.0. The fraction of sp³-hybridized carbons (Fsp3) is 0.381. The van der Waals surface area contributed by atoms with E-state index in [1.54, 1.807) is 6.20 Å². The molecule has 2 saturated heterocycles. The van der Waals surface area contributed by atoms with E-state index < -0.39 is 0 Å². The van der Waals surface area contributed by atoms with Gasteiger partial charge >= 0.3 is 6.03 Å². The molecule has 0 aliphatic carbocycles. The number of hydrogen-bond acceptors (Lipinski definition) is 4. The van der Waals surface area contributed by atoms with E-state index in [1.165, 1.54) is 0 Å². The Morgan fingerprint density at radius 2 is 2.04 bits per heavy atom. The van der Waals surface area contributed by atoms with Gasteiger partial charge in [0.05, 0.1) is 6.20 Å². The summed E-state index contributed by atoms with van der Waals surface area (Å²) in [5.41, 5.74) is 3.81. The molecule has 2 amide bonds. The molecule has 0 radical (unpaired) electrons. The zero-order valence-electron chi connectivity index (χ0n) is 15.8. The Bertz CT molecular complexity index is 995. The van der Waals surface area contributed by atoms with Crippen molar-refractivity contribution < 1.29 is 4.79 Å². The van der Waals surface area contributed by atoms with Crippen LogP contribution in [0.15, 0.2) is 42.7 Å². The highest BCUT2D eigenvalue weighted by molar-refractivity contribution is 5.93. The molecule has 0 spiro atoms. The van der Waals surface area contributed by atoms with E-state index in [-0.39, 0.29) is 6.03 Å². The Hall–Kier alpha value is -2.93. The van der Waals surface area contributed by atoms with Crippen LogP contribution in [-0.2, 0) is 0 Å². The molecule has 5 rings (SSSR count). The van der Waals surface area contributed by atoms with E-state index in [9.17, 15) is 4.79 Å². The maximum absolute atomic E-state index is 13.0. The molecular formula is C21H24N6O. The fourth-order valence-electron chi connectivity index (χ4n) is 3.97. The molecule has 0 saturated carbocycles. The number of nitrogens with zero attached hydrogens (tertiary/aromatic N) is 4. The van der Waals surface area contributed by atoms with E-state index in [2.05, 4.69) is 38.7 Å². The Balaban J connectivity index is 1.36. The second-order valence-electron chi connectivity index (χ2n) is 7.67. The number of hydrogen-bond donors (Lipinski definition) is 2. The molecule has 2 aliphatic rings. The van der Waals surface area contributed by atoms with Crippen molar-refractivity contribution in [2.24, 2.45) is 5.92 Å². The normalized spacial score (nSPS) is 17.9. The summed E-state index contributed by atoms with van der Waals surface area (Å²) in [5.74, 6) is 0.719. The zero-order chi connectivity index (χ0) is 18.9. The molecule has 1 aromatic carbocycles. The third-order valence-electron chi connectivity index (χ3n) is 5.77. The topological polar surface area (TPSA) is 77.2 Å². The van der Waals surface area contributed by atoms with Crippen LogP contribution in [0.25, 0.3) is 22.2 Å². The van der Waals surface area contributed by atoms with Crippen LogP contribution in [0.3, 0.4) is 0 Å². The van der Waals surface area contributed by atoms with Crippen molar-refractivity contribution in [2.75, 3.05) is 37.6 Å². The van der Waals surface area contributed by atoms with Crippen LogP contribution in [-0.4, -0.2) is 58.8 Å². The molecule has 0 bridgehead atoms. The predicted octanol–water partition coefficient (Wildman–Crippen LogP) is 2.87. The molecule has 2 aromatic heterocycles. The van der Waals surface area contributed by atoms with Crippen molar-refractivity contribution in [1.29, 1.82) is 0 Å². The smallest absolute Gasteiger partial charge is 0.324 e. The maximum Gasteiger partial charge on any atom is 0.324 e. The van der Waals surface area contributed by atoms with Crippen LogP contribution in [0.1, 0.15) is 12.8 Å². The van der Waals surface area contributed by atoms with Crippen LogP contribution in [0.2, 0.25) is 0 Å². The van der Waals surface area contributed by atoms with Gasteiger partial charge in [0.1, 0.15) is 0 Å². The van der Waals surface area contributed by atoms with Crippen molar-refractivity contribution in [1.82, 2.24) is 25.4 Å². The van der Waals surface area contributed by atoms with Crippen LogP contribution in [0.4, 0.5) is 10.5 Å². The lowest BCUT2D eigenvalue weighted by Crippen LogP contribution is -2.51. The van der Waals surface area contributed by atoms with E-state index in [1.807, 2.05) is 28.1 Å². The van der Waals surface area contributed by atoms with E-state index in [4.69, 9.17) is 0 Å². The van der Waals surface area contributed by atoms with Crippen molar-refractivity contribution in [3.8, 4) is 11.1 Å². The van der Waals surface area contributed by atoms with Gasteiger partial charge in [-0.05, 0) is 55.6 Å². The molecule has 7 heteroatoms. The number of pyridine rings is 1. The number of aromatic nitrogens is 3. The summed E-state index contributed by atoms with van der Waals surface area (Å²) in [6.45, 7) is 4.65. The lowest BCUT2D eigenvalue weighted by molar-refractivity contribution is 0.185. The average Bonchev–Trinajstić information content (AvgIpc) is 3.16. The van der Waals surface area contributed by atoms with Gasteiger partial charge in [0.25, 0.3) is 0 Å². The van der Waals surface area contributed by atoms with E-state index in [0.29, 0.717) is 0 Å². The van der Waals surface area contributed by atoms with Gasteiger partial charge in [-0.3, -0.25) is 10.00 Å². The number of H-pyrrole nitrogens is 1. The largest absolute Gasteiger partial charge is 0.324 e. The molecule has 0 unspecified atom stereocenters. The predicted molar refractivity (Wildman–Crippen MR) is 109 cm³/mol. The summed E-state index contributed by atoms with van der Waals surface area (Å²) in [5, 5.41) is 11.2. The van der Waals surface area contributed by atoms with Gasteiger partial charge < -0.3 is 10.2 Å². The van der Waals surface area contributed by atoms with Crippen molar-refractivity contribution in [3.63, 3.8) is 0 Å². The second kappa shape index (κ2) is 7.24. The Kier molecular flexibility index (Phi) is 4.44. The molecule has 2 aliphatic heterocycles. The molecule has 144 valence electrons. The molecule has 7 nitrogen and oxygen atoms in total. The standard InChI is InChI=1S/C21H24N6O/c28-21-26(8-5-15-11-22-12-15)6-2-7-27(21)19-4-1-3-16(10-19)17-9-18-14-24-25-20(18)23-13-17/h1,3-4,9-10,13-15,22H,2,5-8,11-12H2,(H,23,24,25). The Morgan fingerprint density at radius 1 is 1.11 bits per heavy atom. The first kappa shape index (κ1) is 17.2. The summed E-state index contributed by atoms with van der Waals surface area (Å²) in [6, 6.07) is 10.4. The quantitative estimate of drug-likeness (QED) is 0.718. The monoisotopic (exact) mass is 376 g/mol. The van der Waals surface area contributed by atoms with E-state index >= 15 is 0 Å². The summed E-state index contributed by atoms with van der Waals surface area (Å²) in [4.78, 5) is 21.4. The zero-order valence-corrected chi connectivity index (χ0v) is 15.8. The number of fused-ring (bicyclic) bond motifs is 1. The highest BCUT2D eigenvalue weighted by Crippen LogP contribution is 2.28. The summed E-state index contributed by atoms with van der Waals surface area (Å²) < 4.78 is 0. The number of aromatic amines is 1. The minimum absolute atomic E-state index is 0.124. The highest BCUT2D eigenvalue weighted by Gasteiger charge is 2.28. The minimum atomic E-state index is 0.124. The number of urea groups is 1. The van der Waals surface area contributed by atoms with Crippen molar-refractivity contribution >= 4 is 22.8 Å². The SMILES string of the molecule is O=C1N(CCC2CNC2)CCCN1c1cccc(-c2cnc3[nH]ncc3c2)c1. The number of benzene rings is 1. The van der Waals surface area contributed by atoms with Crippen LogP contribution in [0, 0.1) is 5.92 Å². The number of carbonyl (C=O) groups excluding carboxylic acids is 1. The fourth-order valence-corrected chi connectivity index (χ4v) is 3.97. The lowest BCUT2D eigenvalue weighted by Gasteiger charge is -2.37. The summed E-state index contributed by atoms with van der Waals surface area (Å²) >= 11 is 0. The van der Waals surface area contributed by atoms with Gasteiger partial charge in [-0.15, -0.1) is 0 Å². The van der Waals surface area contributed by atoms with Gasteiger partial charge in [0.15, 0.2) is 5.65 Å². The molecule has 3 aromatic rings. The van der Waals surface area contributed by atoms with Crippen LogP contribution >= 0.6 is 0 Å². The van der Waals surface area contributed by atoms with Gasteiger partial charge in [0.2, 0.25) is 0 Å². The number of nitrogens with one attached hydrogen (secondary N) is 2. The Morgan fingerprint density at radius 3 is 2.89 bits per heavy atom.